The third-order valence-corrected chi connectivity index (χ3v) is 4.20. The van der Waals surface area contributed by atoms with Crippen molar-refractivity contribution in [3.8, 4) is 17.2 Å². The van der Waals surface area contributed by atoms with Gasteiger partial charge in [-0.05, 0) is 0 Å². The lowest BCUT2D eigenvalue weighted by atomic mass is 9.96. The molecule has 18 heteroatoms. The van der Waals surface area contributed by atoms with Crippen LogP contribution < -0.4 is 14.0 Å². The summed E-state index contributed by atoms with van der Waals surface area (Å²) in [6.45, 7) is 0. The van der Waals surface area contributed by atoms with E-state index in [1.807, 2.05) is 0 Å². The van der Waals surface area contributed by atoms with Crippen LogP contribution in [0.25, 0.3) is 0 Å². The molecule has 0 unspecified atom stereocenters. The Morgan fingerprint density at radius 2 is 0.583 bits per heavy atom. The Hall–Kier alpha value is -3.50. The molecule has 6 nitrogen and oxygen atoms in total. The van der Waals surface area contributed by atoms with Gasteiger partial charge in [0.1, 0.15) is 17.5 Å². The molecule has 1 saturated heterocycles. The van der Waals surface area contributed by atoms with Crippen LogP contribution in [-0.2, 0) is 13.7 Å². The Morgan fingerprint density at radius 3 is 0.778 bits per heavy atom. The summed E-state index contributed by atoms with van der Waals surface area (Å²) in [5.41, 5.74) is 0. The molecule has 0 atom stereocenters. The molecule has 0 N–H and O–H groups in total. The molecule has 0 aromatic heterocycles. The molecule has 36 heavy (non-hydrogen) atoms. The second kappa shape index (κ2) is 10.2. The predicted molar refractivity (Wildman–Crippen MR) is 101 cm³/mol. The third-order valence-electron chi connectivity index (χ3n) is 4.20. The smallest absolute Gasteiger partial charge is 0.509 e. The van der Waals surface area contributed by atoms with E-state index >= 15 is 0 Å². The van der Waals surface area contributed by atoms with Crippen molar-refractivity contribution in [2.45, 2.75) is 0 Å². The van der Waals surface area contributed by atoms with Crippen LogP contribution in [0.1, 0.15) is 0 Å². The van der Waals surface area contributed by atoms with E-state index in [1.54, 1.807) is 0 Å². The number of halogens is 9. The van der Waals surface area contributed by atoms with Crippen LogP contribution in [0.2, 0.25) is 0 Å². The van der Waals surface area contributed by atoms with E-state index < -0.39 is 91.6 Å². The SMILES string of the molecule is Fc1cc(F)c(OB2OB(Oc3c(F)cc(F)cc3F)OB(Oc3c(F)cc(F)cc3F)O2)c(F)c1. The zero-order valence-electron chi connectivity index (χ0n) is 17.0. The summed E-state index contributed by atoms with van der Waals surface area (Å²) in [5, 5.41) is 0. The molecule has 3 aromatic rings. The van der Waals surface area contributed by atoms with Gasteiger partial charge < -0.3 is 27.7 Å². The quantitative estimate of drug-likeness (QED) is 0.352. The van der Waals surface area contributed by atoms with Crippen molar-refractivity contribution in [2.75, 3.05) is 0 Å². The van der Waals surface area contributed by atoms with Gasteiger partial charge in [-0.15, -0.1) is 0 Å². The van der Waals surface area contributed by atoms with Gasteiger partial charge in [0, 0.05) is 36.4 Å². The monoisotopic (exact) mass is 522 g/mol. The largest absolute Gasteiger partial charge is 0.691 e. The van der Waals surface area contributed by atoms with Crippen molar-refractivity contribution in [2.24, 2.45) is 0 Å². The van der Waals surface area contributed by atoms with Gasteiger partial charge >= 0.3 is 22.0 Å². The molecule has 1 heterocycles. The summed E-state index contributed by atoms with van der Waals surface area (Å²) in [7, 11) is -7.04. The van der Waals surface area contributed by atoms with Crippen molar-refractivity contribution >= 4 is 22.0 Å². The Balaban J connectivity index is 1.62. The first-order valence-corrected chi connectivity index (χ1v) is 9.40. The Labute approximate surface area is 195 Å². The van der Waals surface area contributed by atoms with Gasteiger partial charge in [-0.25, -0.2) is 39.5 Å². The van der Waals surface area contributed by atoms with E-state index in [2.05, 4.69) is 0 Å². The topological polar surface area (TPSA) is 55.4 Å². The van der Waals surface area contributed by atoms with Crippen molar-refractivity contribution in [3.05, 3.63) is 88.8 Å². The number of benzene rings is 3. The van der Waals surface area contributed by atoms with E-state index in [0.29, 0.717) is 0 Å². The standard InChI is InChI=1S/C18H6B3F9O6/c22-7-1-10(25)16(11(26)2-7)31-19-34-20(32-17-12(27)3-8(23)4-13(17)28)36-21(35-19)33-18-14(29)5-9(24)6-15(18)30/h1-6H. The first-order chi connectivity index (χ1) is 17.0. The number of rotatable bonds is 6. The average molecular weight is 522 g/mol. The summed E-state index contributed by atoms with van der Waals surface area (Å²) in [6, 6.07) is 1.29. The minimum absolute atomic E-state index is 0.215. The van der Waals surface area contributed by atoms with Gasteiger partial charge in [-0.1, -0.05) is 0 Å². The normalized spacial score (nSPS) is 13.8. The Morgan fingerprint density at radius 1 is 0.389 bits per heavy atom. The second-order valence-corrected chi connectivity index (χ2v) is 6.72. The molecule has 186 valence electrons. The van der Waals surface area contributed by atoms with Gasteiger partial charge in [0.25, 0.3) is 0 Å². The van der Waals surface area contributed by atoms with E-state index in [1.165, 1.54) is 0 Å². The lowest BCUT2D eigenvalue weighted by Crippen LogP contribution is -2.56. The predicted octanol–water partition coefficient (Wildman–Crippen LogP) is 4.49. The van der Waals surface area contributed by atoms with Crippen LogP contribution in [0.15, 0.2) is 36.4 Å². The van der Waals surface area contributed by atoms with E-state index in [4.69, 9.17) is 27.7 Å². The van der Waals surface area contributed by atoms with Crippen molar-refractivity contribution < 1.29 is 67.2 Å². The van der Waals surface area contributed by atoms with Crippen molar-refractivity contribution in [1.29, 1.82) is 0 Å². The zero-order chi connectivity index (χ0) is 26.1. The Kier molecular flexibility index (Phi) is 7.28. The molecule has 0 saturated carbocycles. The molecular weight excluding hydrogens is 516 g/mol. The molecular formula is C18H6B3F9O6. The molecule has 0 radical (unpaired) electrons. The van der Waals surface area contributed by atoms with Gasteiger partial charge in [0.2, 0.25) is 0 Å². The van der Waals surface area contributed by atoms with Crippen LogP contribution in [-0.4, -0.2) is 22.0 Å². The minimum atomic E-state index is -2.35. The highest BCUT2D eigenvalue weighted by Gasteiger charge is 2.52. The van der Waals surface area contributed by atoms with E-state index in [-0.39, 0.29) is 36.4 Å². The number of hydrogen-bond donors (Lipinski definition) is 0. The molecule has 0 amide bonds. The third kappa shape index (κ3) is 5.66. The average Bonchev–Trinajstić information content (AvgIpc) is 2.76. The highest BCUT2D eigenvalue weighted by Crippen LogP contribution is 2.29. The first kappa shape index (κ1) is 25.6. The van der Waals surface area contributed by atoms with Crippen LogP contribution in [0.4, 0.5) is 39.5 Å². The molecule has 4 rings (SSSR count). The molecule has 1 aliphatic rings. The minimum Gasteiger partial charge on any atom is -0.509 e. The second-order valence-electron chi connectivity index (χ2n) is 6.72. The fourth-order valence-electron chi connectivity index (χ4n) is 2.75. The first-order valence-electron chi connectivity index (χ1n) is 9.40. The van der Waals surface area contributed by atoms with Gasteiger partial charge in [0.05, 0.1) is 0 Å². The van der Waals surface area contributed by atoms with Gasteiger partial charge in [-0.2, -0.15) is 0 Å². The molecule has 0 spiro atoms. The maximum absolute atomic E-state index is 14.0. The highest BCUT2D eigenvalue weighted by atomic mass is 19.2. The highest BCUT2D eigenvalue weighted by molar-refractivity contribution is 6.67. The van der Waals surface area contributed by atoms with Crippen LogP contribution in [0, 0.1) is 52.4 Å². The lowest BCUT2D eigenvalue weighted by Gasteiger charge is -2.28. The van der Waals surface area contributed by atoms with Crippen LogP contribution in [0.3, 0.4) is 0 Å². The Bertz CT molecular complexity index is 1070. The summed E-state index contributed by atoms with van der Waals surface area (Å²) < 4.78 is 152. The molecule has 0 bridgehead atoms. The lowest BCUT2D eigenvalue weighted by molar-refractivity contribution is 0.138. The zero-order valence-corrected chi connectivity index (χ0v) is 17.0. The van der Waals surface area contributed by atoms with Crippen molar-refractivity contribution in [3.63, 3.8) is 0 Å². The van der Waals surface area contributed by atoms with E-state index in [0.717, 1.165) is 0 Å². The maximum atomic E-state index is 14.0. The fraction of sp³-hybridized carbons (Fsp3) is 0. The summed E-state index contributed by atoms with van der Waals surface area (Å²) in [4.78, 5) is 0. The van der Waals surface area contributed by atoms with E-state index in [9.17, 15) is 39.5 Å². The van der Waals surface area contributed by atoms with Crippen LogP contribution >= 0.6 is 0 Å². The molecule has 3 aromatic carbocycles. The summed E-state index contributed by atoms with van der Waals surface area (Å²) >= 11 is 0. The van der Waals surface area contributed by atoms with Crippen LogP contribution in [0.5, 0.6) is 17.2 Å². The molecule has 1 fully saturated rings. The maximum Gasteiger partial charge on any atom is 0.691 e. The van der Waals surface area contributed by atoms with Crippen molar-refractivity contribution in [1.82, 2.24) is 0 Å². The van der Waals surface area contributed by atoms with Gasteiger partial charge in [0.15, 0.2) is 52.2 Å². The number of hydrogen-bond acceptors (Lipinski definition) is 6. The molecule has 0 aliphatic carbocycles. The summed E-state index contributed by atoms with van der Waals surface area (Å²) in [6.07, 6.45) is 0. The fourth-order valence-corrected chi connectivity index (χ4v) is 2.75. The van der Waals surface area contributed by atoms with Gasteiger partial charge in [-0.3, -0.25) is 0 Å². The molecule has 1 aliphatic heterocycles. The summed E-state index contributed by atoms with van der Waals surface area (Å²) in [5.74, 6) is -17.3.